The minimum Gasteiger partial charge on any atom is -0.489 e. The van der Waals surface area contributed by atoms with Crippen LogP contribution in [0.25, 0.3) is 0 Å². The highest BCUT2D eigenvalue weighted by molar-refractivity contribution is 5.80. The van der Waals surface area contributed by atoms with Crippen molar-refractivity contribution in [3.8, 4) is 5.75 Å². The minimum absolute atomic E-state index is 0.587. The van der Waals surface area contributed by atoms with Crippen molar-refractivity contribution in [3.63, 3.8) is 0 Å². The molecule has 0 radical (unpaired) electrons. The maximum absolute atomic E-state index is 5.87. The van der Waals surface area contributed by atoms with Crippen molar-refractivity contribution in [1.29, 1.82) is 0 Å². The van der Waals surface area contributed by atoms with Gasteiger partial charge >= 0.3 is 0 Å². The Kier molecular flexibility index (Phi) is 7.76. The van der Waals surface area contributed by atoms with E-state index in [1.54, 1.807) is 6.26 Å². The van der Waals surface area contributed by atoms with E-state index in [4.69, 9.17) is 9.26 Å². The van der Waals surface area contributed by atoms with Gasteiger partial charge in [-0.15, -0.1) is 0 Å². The second-order valence-corrected chi connectivity index (χ2v) is 7.90. The van der Waals surface area contributed by atoms with Crippen molar-refractivity contribution in [3.05, 3.63) is 83.7 Å². The smallest absolute Gasteiger partial charge is 0.193 e. The molecule has 1 aliphatic rings. The summed E-state index contributed by atoms with van der Waals surface area (Å²) in [6, 6.07) is 20.5. The van der Waals surface area contributed by atoms with Gasteiger partial charge in [-0.05, 0) is 29.7 Å². The normalized spacial score (nSPS) is 15.0. The molecule has 3 aromatic rings. The van der Waals surface area contributed by atoms with Crippen LogP contribution in [0.1, 0.15) is 16.8 Å². The number of aromatic nitrogens is 1. The van der Waals surface area contributed by atoms with Crippen LogP contribution in [-0.2, 0) is 19.6 Å². The van der Waals surface area contributed by atoms with Crippen molar-refractivity contribution in [1.82, 2.24) is 20.3 Å². The molecule has 2 aromatic carbocycles. The molecule has 7 nitrogen and oxygen atoms in total. The first kappa shape index (κ1) is 21.9. The number of piperazine rings is 1. The molecule has 0 aliphatic carbocycles. The first-order valence-corrected chi connectivity index (χ1v) is 11.1. The van der Waals surface area contributed by atoms with E-state index in [0.717, 1.165) is 63.1 Å². The fraction of sp³-hybridized carbons (Fsp3) is 0.360. The number of ether oxygens (including phenoxy) is 1. The third kappa shape index (κ3) is 6.34. The highest BCUT2D eigenvalue weighted by atomic mass is 16.5. The third-order valence-corrected chi connectivity index (χ3v) is 5.63. The molecule has 32 heavy (non-hydrogen) atoms. The fourth-order valence-corrected chi connectivity index (χ4v) is 3.81. The van der Waals surface area contributed by atoms with Crippen molar-refractivity contribution >= 4 is 5.96 Å². The Morgan fingerprint density at radius 1 is 1.00 bits per heavy atom. The number of aliphatic imine (C=N–C) groups is 1. The minimum atomic E-state index is 0.587. The van der Waals surface area contributed by atoms with E-state index in [0.29, 0.717) is 6.61 Å². The molecule has 7 heteroatoms. The molecule has 1 saturated heterocycles. The predicted molar refractivity (Wildman–Crippen MR) is 126 cm³/mol. The van der Waals surface area contributed by atoms with E-state index in [1.165, 1.54) is 11.1 Å². The van der Waals surface area contributed by atoms with E-state index < -0.39 is 0 Å². The molecule has 0 spiro atoms. The molecule has 4 rings (SSSR count). The number of nitrogens with zero attached hydrogens (tertiary/aromatic N) is 4. The van der Waals surface area contributed by atoms with Gasteiger partial charge in [0.25, 0.3) is 0 Å². The summed E-state index contributed by atoms with van der Waals surface area (Å²) in [6.07, 6.45) is 2.56. The Morgan fingerprint density at radius 3 is 2.47 bits per heavy atom. The second kappa shape index (κ2) is 11.3. The summed E-state index contributed by atoms with van der Waals surface area (Å²) in [5, 5.41) is 7.51. The number of nitrogens with one attached hydrogen (secondary N) is 1. The molecule has 1 aliphatic heterocycles. The summed E-state index contributed by atoms with van der Waals surface area (Å²) < 4.78 is 10.8. The van der Waals surface area contributed by atoms with Crippen LogP contribution in [0.3, 0.4) is 0 Å². The summed E-state index contributed by atoms with van der Waals surface area (Å²) in [5.74, 6) is 1.86. The van der Waals surface area contributed by atoms with Crippen LogP contribution in [0.15, 0.2) is 76.4 Å². The van der Waals surface area contributed by atoms with Crippen molar-refractivity contribution in [2.75, 3.05) is 39.8 Å². The molecule has 168 valence electrons. The molecule has 0 atom stereocenters. The highest BCUT2D eigenvalue weighted by Crippen LogP contribution is 2.14. The van der Waals surface area contributed by atoms with Gasteiger partial charge in [0, 0.05) is 52.4 Å². The van der Waals surface area contributed by atoms with Gasteiger partial charge in [-0.2, -0.15) is 0 Å². The van der Waals surface area contributed by atoms with Gasteiger partial charge in [0.1, 0.15) is 18.6 Å². The van der Waals surface area contributed by atoms with E-state index in [9.17, 15) is 0 Å². The molecular formula is C25H31N5O2. The highest BCUT2D eigenvalue weighted by Gasteiger charge is 2.20. The van der Waals surface area contributed by atoms with E-state index in [2.05, 4.69) is 49.5 Å². The zero-order valence-electron chi connectivity index (χ0n) is 18.6. The molecule has 1 fully saturated rings. The van der Waals surface area contributed by atoms with Gasteiger partial charge in [-0.3, -0.25) is 9.89 Å². The Balaban J connectivity index is 1.17. The largest absolute Gasteiger partial charge is 0.489 e. The maximum Gasteiger partial charge on any atom is 0.193 e. The molecule has 0 bridgehead atoms. The number of rotatable bonds is 8. The molecule has 0 amide bonds. The lowest BCUT2D eigenvalue weighted by Gasteiger charge is -2.36. The summed E-state index contributed by atoms with van der Waals surface area (Å²) in [6.45, 7) is 6.13. The maximum atomic E-state index is 5.87. The van der Waals surface area contributed by atoms with Crippen molar-refractivity contribution in [2.45, 2.75) is 19.6 Å². The topological polar surface area (TPSA) is 66.1 Å². The van der Waals surface area contributed by atoms with E-state index >= 15 is 0 Å². The SMILES string of the molecule is CN=C(NCCc1ccc(OCc2ccccc2)cc1)N1CCN(Cc2ccon2)CC1. The molecule has 0 saturated carbocycles. The first-order chi connectivity index (χ1) is 15.8. The zero-order valence-corrected chi connectivity index (χ0v) is 18.6. The lowest BCUT2D eigenvalue weighted by atomic mass is 10.1. The predicted octanol–water partition coefficient (Wildman–Crippen LogP) is 3.19. The van der Waals surface area contributed by atoms with Gasteiger partial charge < -0.3 is 19.5 Å². The van der Waals surface area contributed by atoms with Crippen molar-refractivity contribution < 1.29 is 9.26 Å². The Hall–Kier alpha value is -3.32. The molecule has 0 unspecified atom stereocenters. The van der Waals surface area contributed by atoms with Crippen LogP contribution in [-0.4, -0.2) is 60.7 Å². The van der Waals surface area contributed by atoms with Gasteiger partial charge in [0.2, 0.25) is 0 Å². The number of benzene rings is 2. The average molecular weight is 434 g/mol. The zero-order chi connectivity index (χ0) is 22.0. The summed E-state index contributed by atoms with van der Waals surface area (Å²) >= 11 is 0. The van der Waals surface area contributed by atoms with E-state index in [1.807, 2.05) is 43.4 Å². The summed E-state index contributed by atoms with van der Waals surface area (Å²) in [7, 11) is 1.85. The quantitative estimate of drug-likeness (QED) is 0.435. The van der Waals surface area contributed by atoms with Crippen LogP contribution in [0.5, 0.6) is 5.75 Å². The second-order valence-electron chi connectivity index (χ2n) is 7.90. The van der Waals surface area contributed by atoms with E-state index in [-0.39, 0.29) is 0 Å². The molecule has 1 aromatic heterocycles. The van der Waals surface area contributed by atoms with Gasteiger partial charge in [-0.25, -0.2) is 0 Å². The standard InChI is InChI=1S/C25H31N5O2/c1-26-25(30-16-14-29(15-17-30)19-23-12-18-32-28-23)27-13-11-21-7-9-24(10-8-21)31-20-22-5-3-2-4-6-22/h2-10,12,18H,11,13-17,19-20H2,1H3,(H,26,27). The van der Waals surface area contributed by atoms with Crippen LogP contribution >= 0.6 is 0 Å². The number of hydrogen-bond acceptors (Lipinski definition) is 5. The fourth-order valence-electron chi connectivity index (χ4n) is 3.81. The molecule has 1 N–H and O–H groups in total. The van der Waals surface area contributed by atoms with Crippen LogP contribution in [0, 0.1) is 0 Å². The Morgan fingerprint density at radius 2 is 1.78 bits per heavy atom. The lowest BCUT2D eigenvalue weighted by molar-refractivity contribution is 0.169. The lowest BCUT2D eigenvalue weighted by Crippen LogP contribution is -2.52. The van der Waals surface area contributed by atoms with Gasteiger partial charge in [0.15, 0.2) is 5.96 Å². The molecule has 2 heterocycles. The first-order valence-electron chi connectivity index (χ1n) is 11.1. The number of hydrogen-bond donors (Lipinski definition) is 1. The van der Waals surface area contributed by atoms with Crippen LogP contribution in [0.4, 0.5) is 0 Å². The molecular weight excluding hydrogens is 402 g/mol. The van der Waals surface area contributed by atoms with Crippen LogP contribution in [0.2, 0.25) is 0 Å². The summed E-state index contributed by atoms with van der Waals surface area (Å²) in [4.78, 5) is 9.19. The van der Waals surface area contributed by atoms with Crippen LogP contribution < -0.4 is 10.1 Å². The number of guanidine groups is 1. The summed E-state index contributed by atoms with van der Waals surface area (Å²) in [5.41, 5.74) is 3.43. The third-order valence-electron chi connectivity index (χ3n) is 5.63. The Labute approximate surface area is 189 Å². The van der Waals surface area contributed by atoms with Gasteiger partial charge in [-0.1, -0.05) is 47.6 Å². The average Bonchev–Trinajstić information content (AvgIpc) is 3.36. The van der Waals surface area contributed by atoms with Crippen molar-refractivity contribution in [2.24, 2.45) is 4.99 Å². The Bertz CT molecular complexity index is 950. The van der Waals surface area contributed by atoms with Gasteiger partial charge in [0.05, 0.1) is 5.69 Å². The monoisotopic (exact) mass is 433 g/mol.